The highest BCUT2D eigenvalue weighted by Gasteiger charge is 2.19. The average molecular weight is 282 g/mol. The smallest absolute Gasteiger partial charge is 0.183 e. The lowest BCUT2D eigenvalue weighted by molar-refractivity contribution is 0.496. The topological polar surface area (TPSA) is 61.4 Å². The molecular formula is C15H18N6. The van der Waals surface area contributed by atoms with Gasteiger partial charge in [-0.2, -0.15) is 10.2 Å². The summed E-state index contributed by atoms with van der Waals surface area (Å²) < 4.78 is 3.79. The number of nitrogens with zero attached hydrogens (tertiary/aromatic N) is 6. The van der Waals surface area contributed by atoms with Crippen LogP contribution >= 0.6 is 0 Å². The van der Waals surface area contributed by atoms with Crippen molar-refractivity contribution in [2.24, 2.45) is 7.05 Å². The van der Waals surface area contributed by atoms with E-state index in [9.17, 15) is 0 Å². The van der Waals surface area contributed by atoms with Crippen LogP contribution in [0.5, 0.6) is 0 Å². The molecule has 0 amide bonds. The monoisotopic (exact) mass is 282 g/mol. The standard InChI is InChI=1S/C15H18N6/c1-10-8-11(2)21(18-10)12(3)15-17-14(19-20(15)4)13-6-5-7-16-9-13/h5-9,12H,1-4H3. The van der Waals surface area contributed by atoms with Crippen LogP contribution in [0.15, 0.2) is 30.6 Å². The molecule has 1 unspecified atom stereocenters. The molecule has 0 aliphatic rings. The third kappa shape index (κ3) is 2.44. The maximum atomic E-state index is 4.66. The van der Waals surface area contributed by atoms with Crippen LogP contribution in [-0.2, 0) is 7.05 Å². The van der Waals surface area contributed by atoms with Gasteiger partial charge in [-0.05, 0) is 39.0 Å². The molecule has 0 saturated heterocycles. The summed E-state index contributed by atoms with van der Waals surface area (Å²) in [5.74, 6) is 1.56. The van der Waals surface area contributed by atoms with Gasteiger partial charge >= 0.3 is 0 Å². The van der Waals surface area contributed by atoms with Gasteiger partial charge < -0.3 is 0 Å². The first-order valence-electron chi connectivity index (χ1n) is 6.90. The van der Waals surface area contributed by atoms with Gasteiger partial charge in [-0.25, -0.2) is 4.98 Å². The van der Waals surface area contributed by atoms with E-state index in [1.807, 2.05) is 35.5 Å². The number of pyridine rings is 1. The van der Waals surface area contributed by atoms with E-state index in [0.717, 1.165) is 22.8 Å². The summed E-state index contributed by atoms with van der Waals surface area (Å²) in [6, 6.07) is 5.94. The second-order valence-corrected chi connectivity index (χ2v) is 5.21. The fourth-order valence-corrected chi connectivity index (χ4v) is 2.53. The summed E-state index contributed by atoms with van der Waals surface area (Å²) in [6.45, 7) is 6.12. The Morgan fingerprint density at radius 2 is 2.00 bits per heavy atom. The van der Waals surface area contributed by atoms with Crippen molar-refractivity contribution in [2.45, 2.75) is 26.8 Å². The first-order chi connectivity index (χ1) is 10.1. The van der Waals surface area contributed by atoms with Crippen LogP contribution in [0, 0.1) is 13.8 Å². The predicted octanol–water partition coefficient (Wildman–Crippen LogP) is 2.30. The molecule has 3 aromatic rings. The molecule has 0 fully saturated rings. The minimum absolute atomic E-state index is 0.0293. The number of rotatable bonds is 3. The summed E-state index contributed by atoms with van der Waals surface area (Å²) >= 11 is 0. The second-order valence-electron chi connectivity index (χ2n) is 5.21. The Morgan fingerprint density at radius 1 is 1.19 bits per heavy atom. The minimum atomic E-state index is 0.0293. The Labute approximate surface area is 123 Å². The van der Waals surface area contributed by atoms with Crippen LogP contribution in [0.25, 0.3) is 11.4 Å². The highest BCUT2D eigenvalue weighted by molar-refractivity contribution is 5.52. The van der Waals surface area contributed by atoms with Crippen LogP contribution < -0.4 is 0 Å². The fourth-order valence-electron chi connectivity index (χ4n) is 2.53. The van der Waals surface area contributed by atoms with Gasteiger partial charge in [-0.1, -0.05) is 0 Å². The number of hydrogen-bond acceptors (Lipinski definition) is 4. The van der Waals surface area contributed by atoms with Crippen molar-refractivity contribution in [3.05, 3.63) is 47.8 Å². The van der Waals surface area contributed by atoms with E-state index in [0.29, 0.717) is 5.82 Å². The molecule has 21 heavy (non-hydrogen) atoms. The van der Waals surface area contributed by atoms with E-state index in [-0.39, 0.29) is 6.04 Å². The highest BCUT2D eigenvalue weighted by atomic mass is 15.4. The molecule has 6 nitrogen and oxygen atoms in total. The lowest BCUT2D eigenvalue weighted by Gasteiger charge is -2.12. The number of hydrogen-bond donors (Lipinski definition) is 0. The van der Waals surface area contributed by atoms with Gasteiger partial charge in [0.25, 0.3) is 0 Å². The molecule has 108 valence electrons. The number of aryl methyl sites for hydroxylation is 3. The molecule has 0 radical (unpaired) electrons. The molecule has 0 spiro atoms. The molecule has 0 aromatic carbocycles. The van der Waals surface area contributed by atoms with Gasteiger partial charge in [0.15, 0.2) is 11.6 Å². The van der Waals surface area contributed by atoms with Gasteiger partial charge in [-0.15, -0.1) is 0 Å². The van der Waals surface area contributed by atoms with Gasteiger partial charge in [0, 0.05) is 30.7 Å². The molecule has 6 heteroatoms. The zero-order chi connectivity index (χ0) is 15.0. The maximum Gasteiger partial charge on any atom is 0.183 e. The first kappa shape index (κ1) is 13.5. The SMILES string of the molecule is Cc1cc(C)n(C(C)c2nc(-c3cccnc3)nn2C)n1. The third-order valence-electron chi connectivity index (χ3n) is 3.50. The van der Waals surface area contributed by atoms with Gasteiger partial charge in [0.2, 0.25) is 0 Å². The zero-order valence-electron chi connectivity index (χ0n) is 12.6. The molecule has 0 saturated carbocycles. The molecular weight excluding hydrogens is 264 g/mol. The Bertz CT molecular complexity index is 756. The minimum Gasteiger partial charge on any atom is -0.264 e. The van der Waals surface area contributed by atoms with Gasteiger partial charge in [-0.3, -0.25) is 14.3 Å². The van der Waals surface area contributed by atoms with Crippen LogP contribution in [0.4, 0.5) is 0 Å². The Kier molecular flexibility index (Phi) is 3.29. The van der Waals surface area contributed by atoms with Crippen molar-refractivity contribution >= 4 is 0 Å². The molecule has 1 atom stereocenters. The highest BCUT2D eigenvalue weighted by Crippen LogP contribution is 2.21. The van der Waals surface area contributed by atoms with Crippen molar-refractivity contribution in [3.63, 3.8) is 0 Å². The van der Waals surface area contributed by atoms with E-state index in [4.69, 9.17) is 0 Å². The van der Waals surface area contributed by atoms with E-state index in [1.54, 1.807) is 12.4 Å². The lowest BCUT2D eigenvalue weighted by Crippen LogP contribution is -2.15. The summed E-state index contributed by atoms with van der Waals surface area (Å²) in [7, 11) is 1.91. The molecule has 3 aromatic heterocycles. The van der Waals surface area contributed by atoms with E-state index >= 15 is 0 Å². The molecule has 0 aliphatic heterocycles. The van der Waals surface area contributed by atoms with Crippen molar-refractivity contribution in [2.75, 3.05) is 0 Å². The summed E-state index contributed by atoms with van der Waals surface area (Å²) in [5.41, 5.74) is 3.04. The maximum absolute atomic E-state index is 4.66. The average Bonchev–Trinajstić information content (AvgIpc) is 3.02. The van der Waals surface area contributed by atoms with E-state index in [1.165, 1.54) is 0 Å². The first-order valence-corrected chi connectivity index (χ1v) is 6.90. The number of aromatic nitrogens is 6. The van der Waals surface area contributed by atoms with Gasteiger partial charge in [0.05, 0.1) is 5.69 Å². The lowest BCUT2D eigenvalue weighted by atomic mass is 10.2. The largest absolute Gasteiger partial charge is 0.264 e. The molecule has 3 rings (SSSR count). The molecule has 0 N–H and O–H groups in total. The van der Waals surface area contributed by atoms with Crippen molar-refractivity contribution < 1.29 is 0 Å². The van der Waals surface area contributed by atoms with Crippen LogP contribution in [0.2, 0.25) is 0 Å². The quantitative estimate of drug-likeness (QED) is 0.739. The Balaban J connectivity index is 2.00. The summed E-state index contributed by atoms with van der Waals surface area (Å²) in [6.07, 6.45) is 3.51. The Hall–Kier alpha value is -2.50. The van der Waals surface area contributed by atoms with Crippen LogP contribution in [0.1, 0.15) is 30.2 Å². The fraction of sp³-hybridized carbons (Fsp3) is 0.333. The van der Waals surface area contributed by atoms with Crippen LogP contribution in [-0.4, -0.2) is 29.5 Å². The third-order valence-corrected chi connectivity index (χ3v) is 3.50. The van der Waals surface area contributed by atoms with E-state index < -0.39 is 0 Å². The normalized spacial score (nSPS) is 12.6. The second kappa shape index (κ2) is 5.12. The summed E-state index contributed by atoms with van der Waals surface area (Å²) in [4.78, 5) is 8.77. The molecule has 0 aliphatic carbocycles. The summed E-state index contributed by atoms with van der Waals surface area (Å²) in [5, 5.41) is 9.02. The van der Waals surface area contributed by atoms with Crippen molar-refractivity contribution in [1.82, 2.24) is 29.5 Å². The van der Waals surface area contributed by atoms with Crippen molar-refractivity contribution in [3.8, 4) is 11.4 Å². The predicted molar refractivity (Wildman–Crippen MR) is 79.7 cm³/mol. The van der Waals surface area contributed by atoms with Crippen LogP contribution in [0.3, 0.4) is 0 Å². The zero-order valence-corrected chi connectivity index (χ0v) is 12.6. The van der Waals surface area contributed by atoms with Crippen molar-refractivity contribution in [1.29, 1.82) is 0 Å². The van der Waals surface area contributed by atoms with Gasteiger partial charge in [0.1, 0.15) is 6.04 Å². The molecule has 3 heterocycles. The Morgan fingerprint density at radius 3 is 2.62 bits per heavy atom. The molecule has 0 bridgehead atoms. The van der Waals surface area contributed by atoms with E-state index in [2.05, 4.69) is 40.1 Å².